The molecule has 0 radical (unpaired) electrons. The van der Waals surface area contributed by atoms with Gasteiger partial charge in [0, 0.05) is 11.1 Å². The van der Waals surface area contributed by atoms with Gasteiger partial charge in [-0.05, 0) is 48.0 Å². The molecule has 0 saturated carbocycles. The smallest absolute Gasteiger partial charge is 0.416 e. The molecule has 0 amide bonds. The van der Waals surface area contributed by atoms with Gasteiger partial charge in [0.25, 0.3) is 5.56 Å². The fourth-order valence-electron chi connectivity index (χ4n) is 4.10. The van der Waals surface area contributed by atoms with Crippen molar-refractivity contribution in [2.45, 2.75) is 12.8 Å². The van der Waals surface area contributed by atoms with Gasteiger partial charge in [-0.3, -0.25) is 4.79 Å². The SMILES string of the molecule is COc1cc(C=Nn2c(-c3cccc(C(F)(F)F)c3)nc3ccccc3c2=O)cc(Cl)c1OCc1ccccc1F. The molecular formula is C30H20ClF4N3O3. The van der Waals surface area contributed by atoms with Crippen LogP contribution in [0, 0.1) is 5.82 Å². The Bertz CT molecular complexity index is 1840. The van der Waals surface area contributed by atoms with Gasteiger partial charge in [-0.1, -0.05) is 54.1 Å². The highest BCUT2D eigenvalue weighted by atomic mass is 35.5. The third-order valence-electron chi connectivity index (χ3n) is 6.11. The van der Waals surface area contributed by atoms with Crippen LogP contribution in [0.4, 0.5) is 17.6 Å². The van der Waals surface area contributed by atoms with E-state index in [0.717, 1.165) is 16.8 Å². The van der Waals surface area contributed by atoms with E-state index in [-0.39, 0.29) is 39.9 Å². The van der Waals surface area contributed by atoms with E-state index in [2.05, 4.69) is 10.1 Å². The minimum absolute atomic E-state index is 0.0485. The number of hydrogen-bond donors (Lipinski definition) is 0. The molecule has 4 aromatic carbocycles. The van der Waals surface area contributed by atoms with Crippen molar-refractivity contribution in [1.82, 2.24) is 9.66 Å². The van der Waals surface area contributed by atoms with Gasteiger partial charge < -0.3 is 9.47 Å². The Balaban J connectivity index is 1.56. The van der Waals surface area contributed by atoms with Crippen LogP contribution < -0.4 is 15.0 Å². The fraction of sp³-hybridized carbons (Fsp3) is 0.100. The predicted octanol–water partition coefficient (Wildman–Crippen LogP) is 7.34. The van der Waals surface area contributed by atoms with Crippen LogP contribution in [0.1, 0.15) is 16.7 Å². The second kappa shape index (κ2) is 11.4. The number of para-hydroxylation sites is 1. The Kier molecular flexibility index (Phi) is 7.76. The van der Waals surface area contributed by atoms with Crippen LogP contribution in [-0.2, 0) is 12.8 Å². The van der Waals surface area contributed by atoms with E-state index in [0.29, 0.717) is 16.6 Å². The second-order valence-electron chi connectivity index (χ2n) is 8.81. The molecule has 0 aliphatic carbocycles. The van der Waals surface area contributed by atoms with Crippen LogP contribution >= 0.6 is 11.6 Å². The molecule has 0 atom stereocenters. The number of benzene rings is 4. The molecule has 41 heavy (non-hydrogen) atoms. The Morgan fingerprint density at radius 3 is 2.51 bits per heavy atom. The molecular weight excluding hydrogens is 562 g/mol. The molecule has 5 aromatic rings. The van der Waals surface area contributed by atoms with Crippen LogP contribution in [0.25, 0.3) is 22.3 Å². The molecule has 0 saturated heterocycles. The zero-order valence-corrected chi connectivity index (χ0v) is 22.1. The molecule has 0 fully saturated rings. The Labute approximate surface area is 236 Å². The zero-order chi connectivity index (χ0) is 29.1. The standard InChI is InChI=1S/C30H20ClF4N3O3/c1-40-26-14-18(13-23(31)27(26)41-17-20-7-2-4-11-24(20)32)16-36-38-28(19-8-6-9-21(15-19)30(33,34)35)37-25-12-5-3-10-22(25)29(38)39/h2-16H,17H2,1H3. The van der Waals surface area contributed by atoms with Crippen LogP contribution in [0.15, 0.2) is 94.8 Å². The highest BCUT2D eigenvalue weighted by molar-refractivity contribution is 6.32. The van der Waals surface area contributed by atoms with E-state index in [4.69, 9.17) is 21.1 Å². The number of ether oxygens (including phenoxy) is 2. The lowest BCUT2D eigenvalue weighted by atomic mass is 10.1. The summed E-state index contributed by atoms with van der Waals surface area (Å²) in [5, 5.41) is 4.63. The number of fused-ring (bicyclic) bond motifs is 1. The lowest BCUT2D eigenvalue weighted by Gasteiger charge is -2.14. The van der Waals surface area contributed by atoms with E-state index in [9.17, 15) is 22.4 Å². The lowest BCUT2D eigenvalue weighted by Crippen LogP contribution is -2.20. The number of halogens is 5. The predicted molar refractivity (Wildman–Crippen MR) is 148 cm³/mol. The van der Waals surface area contributed by atoms with Gasteiger partial charge in [-0.15, -0.1) is 0 Å². The van der Waals surface area contributed by atoms with Crippen LogP contribution in [-0.4, -0.2) is 23.0 Å². The third-order valence-corrected chi connectivity index (χ3v) is 6.39. The summed E-state index contributed by atoms with van der Waals surface area (Å²) < 4.78 is 66.4. The summed E-state index contributed by atoms with van der Waals surface area (Å²) in [4.78, 5) is 17.9. The molecule has 1 aromatic heterocycles. The number of nitrogens with zero attached hydrogens (tertiary/aromatic N) is 3. The van der Waals surface area contributed by atoms with Crippen LogP contribution in [0.5, 0.6) is 11.5 Å². The molecule has 0 bridgehead atoms. The van der Waals surface area contributed by atoms with Crippen molar-refractivity contribution < 1.29 is 27.0 Å². The summed E-state index contributed by atoms with van der Waals surface area (Å²) in [5.41, 5.74) is -0.413. The van der Waals surface area contributed by atoms with Crippen molar-refractivity contribution in [3.63, 3.8) is 0 Å². The van der Waals surface area contributed by atoms with Crippen molar-refractivity contribution in [2.24, 2.45) is 5.10 Å². The topological polar surface area (TPSA) is 65.7 Å². The van der Waals surface area contributed by atoms with E-state index < -0.39 is 23.1 Å². The van der Waals surface area contributed by atoms with Crippen LogP contribution in [0.3, 0.4) is 0 Å². The summed E-state index contributed by atoms with van der Waals surface area (Å²) >= 11 is 6.45. The normalized spacial score (nSPS) is 11.8. The van der Waals surface area contributed by atoms with Gasteiger partial charge >= 0.3 is 6.18 Å². The lowest BCUT2D eigenvalue weighted by molar-refractivity contribution is -0.137. The van der Waals surface area contributed by atoms with Gasteiger partial charge in [0.15, 0.2) is 17.3 Å². The van der Waals surface area contributed by atoms with Crippen LogP contribution in [0.2, 0.25) is 5.02 Å². The number of alkyl halides is 3. The summed E-state index contributed by atoms with van der Waals surface area (Å²) in [7, 11) is 1.39. The van der Waals surface area contributed by atoms with E-state index >= 15 is 0 Å². The number of aromatic nitrogens is 2. The Morgan fingerprint density at radius 1 is 1.00 bits per heavy atom. The van der Waals surface area contributed by atoms with E-state index in [1.165, 1.54) is 43.7 Å². The molecule has 0 spiro atoms. The maximum Gasteiger partial charge on any atom is 0.416 e. The molecule has 0 N–H and O–H groups in total. The second-order valence-corrected chi connectivity index (χ2v) is 9.21. The average Bonchev–Trinajstić information content (AvgIpc) is 2.96. The fourth-order valence-corrected chi connectivity index (χ4v) is 4.37. The molecule has 11 heteroatoms. The Morgan fingerprint density at radius 2 is 1.76 bits per heavy atom. The number of rotatable bonds is 7. The monoisotopic (exact) mass is 581 g/mol. The van der Waals surface area contributed by atoms with E-state index in [1.54, 1.807) is 42.5 Å². The van der Waals surface area contributed by atoms with Gasteiger partial charge in [0.2, 0.25) is 0 Å². The first-order valence-corrected chi connectivity index (χ1v) is 12.5. The van der Waals surface area contributed by atoms with Crippen molar-refractivity contribution in [3.8, 4) is 22.9 Å². The summed E-state index contributed by atoms with van der Waals surface area (Å²) in [5.74, 6) is -0.127. The van der Waals surface area contributed by atoms with Crippen molar-refractivity contribution in [3.05, 3.63) is 123 Å². The molecule has 5 rings (SSSR count). The van der Waals surface area contributed by atoms with Gasteiger partial charge in [0.05, 0.1) is 34.8 Å². The quantitative estimate of drug-likeness (QED) is 0.149. The van der Waals surface area contributed by atoms with Gasteiger partial charge in [-0.2, -0.15) is 22.9 Å². The molecule has 6 nitrogen and oxygen atoms in total. The number of methoxy groups -OCH3 is 1. The summed E-state index contributed by atoms with van der Waals surface area (Å²) in [6, 6.07) is 20.1. The molecule has 0 unspecified atom stereocenters. The molecule has 1 heterocycles. The third kappa shape index (κ3) is 5.92. The first-order chi connectivity index (χ1) is 19.7. The van der Waals surface area contributed by atoms with Gasteiger partial charge in [0.1, 0.15) is 12.4 Å². The van der Waals surface area contributed by atoms with Crippen molar-refractivity contribution in [2.75, 3.05) is 7.11 Å². The first-order valence-electron chi connectivity index (χ1n) is 12.1. The van der Waals surface area contributed by atoms with E-state index in [1.807, 2.05) is 0 Å². The highest BCUT2D eigenvalue weighted by Gasteiger charge is 2.31. The highest BCUT2D eigenvalue weighted by Crippen LogP contribution is 2.37. The molecule has 0 aliphatic rings. The first kappa shape index (κ1) is 27.9. The van der Waals surface area contributed by atoms with Crippen molar-refractivity contribution >= 4 is 28.7 Å². The maximum absolute atomic E-state index is 14.0. The van der Waals surface area contributed by atoms with Crippen molar-refractivity contribution in [1.29, 1.82) is 0 Å². The minimum Gasteiger partial charge on any atom is -0.493 e. The van der Waals surface area contributed by atoms with Gasteiger partial charge in [-0.25, -0.2) is 9.37 Å². The zero-order valence-electron chi connectivity index (χ0n) is 21.3. The number of hydrogen-bond acceptors (Lipinski definition) is 5. The summed E-state index contributed by atoms with van der Waals surface area (Å²) in [6.45, 7) is -0.102. The Hall–Kier alpha value is -4.70. The largest absolute Gasteiger partial charge is 0.493 e. The average molecular weight is 582 g/mol. The molecule has 208 valence electrons. The maximum atomic E-state index is 14.0. The molecule has 0 aliphatic heterocycles. The summed E-state index contributed by atoms with van der Waals surface area (Å²) in [6.07, 6.45) is -3.30. The minimum atomic E-state index is -4.59.